The van der Waals surface area contributed by atoms with Gasteiger partial charge in [-0.1, -0.05) is 11.6 Å². The number of anilines is 1. The molecule has 1 fully saturated rings. The molecule has 0 aliphatic carbocycles. The molecule has 114 valence electrons. The summed E-state index contributed by atoms with van der Waals surface area (Å²) in [5.74, 6) is -0.549. The Morgan fingerprint density at radius 2 is 2.19 bits per heavy atom. The molecule has 2 N–H and O–H groups in total. The number of benzene rings is 1. The summed E-state index contributed by atoms with van der Waals surface area (Å²) in [6, 6.07) is 2.10. The third-order valence-electron chi connectivity index (χ3n) is 3.52. The number of carboxylic acids is 1. The molecule has 1 aromatic carbocycles. The van der Waals surface area contributed by atoms with Gasteiger partial charge >= 0.3 is 12.0 Å². The number of methoxy groups -OCH3 is 1. The van der Waals surface area contributed by atoms with Crippen LogP contribution in [-0.2, 0) is 4.79 Å². The molecule has 1 aromatic rings. The minimum absolute atomic E-state index is 0.428. The summed E-state index contributed by atoms with van der Waals surface area (Å²) < 4.78 is 5.18. The van der Waals surface area contributed by atoms with E-state index in [1.807, 2.05) is 6.92 Å². The van der Waals surface area contributed by atoms with Gasteiger partial charge in [-0.25, -0.2) is 9.59 Å². The number of hydrogen-bond donors (Lipinski definition) is 2. The van der Waals surface area contributed by atoms with Crippen LogP contribution in [0.5, 0.6) is 5.75 Å². The molecule has 0 saturated carbocycles. The maximum atomic E-state index is 12.3. The molecule has 0 bridgehead atoms. The minimum atomic E-state index is -0.984. The number of carboxylic acid groups (broad SMARTS) is 1. The predicted octanol–water partition coefficient (Wildman–Crippen LogP) is 2.74. The molecule has 1 saturated heterocycles. The van der Waals surface area contributed by atoms with Crippen molar-refractivity contribution in [1.82, 2.24) is 4.90 Å². The first-order chi connectivity index (χ1) is 9.93. The zero-order valence-electron chi connectivity index (χ0n) is 11.9. The molecule has 2 amide bonds. The topological polar surface area (TPSA) is 78.9 Å². The van der Waals surface area contributed by atoms with E-state index >= 15 is 0 Å². The highest BCUT2D eigenvalue weighted by Gasteiger charge is 2.34. The molecular weight excluding hydrogens is 296 g/mol. The van der Waals surface area contributed by atoms with Crippen molar-refractivity contribution >= 4 is 29.3 Å². The molecule has 0 aromatic heterocycles. The van der Waals surface area contributed by atoms with E-state index in [1.54, 1.807) is 12.1 Å². The first-order valence-corrected chi connectivity index (χ1v) is 6.96. The summed E-state index contributed by atoms with van der Waals surface area (Å²) >= 11 is 6.01. The van der Waals surface area contributed by atoms with Crippen LogP contribution in [0.15, 0.2) is 12.1 Å². The zero-order valence-corrected chi connectivity index (χ0v) is 12.6. The van der Waals surface area contributed by atoms with Gasteiger partial charge in [-0.05, 0) is 31.4 Å². The number of carbonyl (C=O) groups is 2. The lowest BCUT2D eigenvalue weighted by atomic mass is 10.2. The standard InChI is InChI=1S/C14H17ClN2O4/c1-8-6-10(12(21-2)7-9(8)15)16-14(20)17-5-3-4-11(17)13(18)19/h6-7,11H,3-5H2,1-2H3,(H,16,20)(H,18,19)/t11-/m0/s1. The number of hydrogen-bond acceptors (Lipinski definition) is 3. The Labute approximate surface area is 127 Å². The van der Waals surface area contributed by atoms with Gasteiger partial charge in [-0.15, -0.1) is 0 Å². The number of nitrogens with zero attached hydrogens (tertiary/aromatic N) is 1. The van der Waals surface area contributed by atoms with E-state index in [9.17, 15) is 9.59 Å². The Morgan fingerprint density at radius 1 is 1.48 bits per heavy atom. The number of aryl methyl sites for hydroxylation is 1. The third kappa shape index (κ3) is 3.21. The second-order valence-corrected chi connectivity index (χ2v) is 5.33. The monoisotopic (exact) mass is 312 g/mol. The first kappa shape index (κ1) is 15.4. The van der Waals surface area contributed by atoms with Crippen molar-refractivity contribution in [3.8, 4) is 5.75 Å². The number of carbonyl (C=O) groups excluding carboxylic acids is 1. The summed E-state index contributed by atoms with van der Waals surface area (Å²) in [5.41, 5.74) is 1.27. The van der Waals surface area contributed by atoms with Crippen LogP contribution in [0.2, 0.25) is 5.02 Å². The fourth-order valence-corrected chi connectivity index (χ4v) is 2.54. The Hall–Kier alpha value is -1.95. The van der Waals surface area contributed by atoms with Crippen LogP contribution >= 0.6 is 11.6 Å². The quantitative estimate of drug-likeness (QED) is 0.899. The molecule has 0 radical (unpaired) electrons. The lowest BCUT2D eigenvalue weighted by Crippen LogP contribution is -2.42. The lowest BCUT2D eigenvalue weighted by molar-refractivity contribution is -0.141. The molecule has 2 rings (SSSR count). The van der Waals surface area contributed by atoms with Gasteiger partial charge < -0.3 is 20.1 Å². The number of amides is 2. The molecule has 0 unspecified atom stereocenters. The second-order valence-electron chi connectivity index (χ2n) is 4.92. The zero-order chi connectivity index (χ0) is 15.6. The average Bonchev–Trinajstić information content (AvgIpc) is 2.92. The molecule has 1 aliphatic rings. The summed E-state index contributed by atoms with van der Waals surface area (Å²) in [5, 5.41) is 12.3. The van der Waals surface area contributed by atoms with E-state index in [4.69, 9.17) is 21.4 Å². The lowest BCUT2D eigenvalue weighted by Gasteiger charge is -2.22. The average molecular weight is 313 g/mol. The van der Waals surface area contributed by atoms with Crippen LogP contribution in [0.3, 0.4) is 0 Å². The number of rotatable bonds is 3. The van der Waals surface area contributed by atoms with Crippen molar-refractivity contribution in [1.29, 1.82) is 0 Å². The van der Waals surface area contributed by atoms with Gasteiger partial charge in [0.2, 0.25) is 0 Å². The summed E-state index contributed by atoms with van der Waals surface area (Å²) in [7, 11) is 1.48. The number of urea groups is 1. The molecule has 7 heteroatoms. The van der Waals surface area contributed by atoms with Gasteiger partial charge in [-0.3, -0.25) is 0 Å². The van der Waals surface area contributed by atoms with E-state index in [1.165, 1.54) is 12.0 Å². The number of halogens is 1. The Kier molecular flexibility index (Phi) is 4.57. The Balaban J connectivity index is 2.20. The van der Waals surface area contributed by atoms with Crippen LogP contribution in [0.1, 0.15) is 18.4 Å². The van der Waals surface area contributed by atoms with Gasteiger partial charge in [0, 0.05) is 17.6 Å². The van der Waals surface area contributed by atoms with Gasteiger partial charge in [0.1, 0.15) is 11.8 Å². The van der Waals surface area contributed by atoms with Crippen molar-refractivity contribution in [2.24, 2.45) is 0 Å². The molecule has 0 spiro atoms. The van der Waals surface area contributed by atoms with Crippen molar-refractivity contribution in [2.45, 2.75) is 25.8 Å². The highest BCUT2D eigenvalue weighted by molar-refractivity contribution is 6.31. The van der Waals surface area contributed by atoms with Crippen molar-refractivity contribution in [3.05, 3.63) is 22.7 Å². The summed E-state index contributed by atoms with van der Waals surface area (Å²) in [6.45, 7) is 2.24. The van der Waals surface area contributed by atoms with E-state index in [0.717, 1.165) is 5.56 Å². The Morgan fingerprint density at radius 3 is 2.81 bits per heavy atom. The smallest absolute Gasteiger partial charge is 0.326 e. The number of nitrogens with one attached hydrogen (secondary N) is 1. The SMILES string of the molecule is COc1cc(Cl)c(C)cc1NC(=O)N1CCC[C@H]1C(=O)O. The normalized spacial score (nSPS) is 17.7. The first-order valence-electron chi connectivity index (χ1n) is 6.58. The van der Waals surface area contributed by atoms with Crippen LogP contribution in [-0.4, -0.2) is 41.7 Å². The fraction of sp³-hybridized carbons (Fsp3) is 0.429. The van der Waals surface area contributed by atoms with Gasteiger partial charge in [0.25, 0.3) is 0 Å². The maximum absolute atomic E-state index is 12.3. The van der Waals surface area contributed by atoms with Crippen molar-refractivity contribution < 1.29 is 19.4 Å². The number of aliphatic carboxylic acids is 1. The highest BCUT2D eigenvalue weighted by Crippen LogP contribution is 2.31. The molecule has 1 atom stereocenters. The second kappa shape index (κ2) is 6.22. The fourth-order valence-electron chi connectivity index (χ4n) is 2.38. The van der Waals surface area contributed by atoms with E-state index in [-0.39, 0.29) is 0 Å². The molecule has 21 heavy (non-hydrogen) atoms. The molecule has 1 heterocycles. The molecular formula is C14H17ClN2O4. The van der Waals surface area contributed by atoms with Gasteiger partial charge in [0.05, 0.1) is 12.8 Å². The Bertz CT molecular complexity index is 576. The highest BCUT2D eigenvalue weighted by atomic mass is 35.5. The van der Waals surface area contributed by atoms with E-state index in [0.29, 0.717) is 35.8 Å². The third-order valence-corrected chi connectivity index (χ3v) is 3.93. The van der Waals surface area contributed by atoms with Crippen molar-refractivity contribution in [3.63, 3.8) is 0 Å². The number of likely N-dealkylation sites (tertiary alicyclic amines) is 1. The van der Waals surface area contributed by atoms with Crippen molar-refractivity contribution in [2.75, 3.05) is 19.0 Å². The number of ether oxygens (including phenoxy) is 1. The molecule has 1 aliphatic heterocycles. The van der Waals surface area contributed by atoms with Crippen LogP contribution < -0.4 is 10.1 Å². The predicted molar refractivity (Wildman–Crippen MR) is 79.1 cm³/mol. The summed E-state index contributed by atoms with van der Waals surface area (Å²) in [6.07, 6.45) is 1.15. The van der Waals surface area contributed by atoms with Crippen LogP contribution in [0.4, 0.5) is 10.5 Å². The van der Waals surface area contributed by atoms with Crippen LogP contribution in [0.25, 0.3) is 0 Å². The molecule has 6 nitrogen and oxygen atoms in total. The largest absolute Gasteiger partial charge is 0.495 e. The van der Waals surface area contributed by atoms with E-state index < -0.39 is 18.0 Å². The van der Waals surface area contributed by atoms with Gasteiger partial charge in [0.15, 0.2) is 0 Å². The maximum Gasteiger partial charge on any atom is 0.326 e. The van der Waals surface area contributed by atoms with E-state index in [2.05, 4.69) is 5.32 Å². The van der Waals surface area contributed by atoms with Crippen LogP contribution in [0, 0.1) is 6.92 Å². The minimum Gasteiger partial charge on any atom is -0.495 e. The summed E-state index contributed by atoms with van der Waals surface area (Å²) in [4.78, 5) is 24.7. The van der Waals surface area contributed by atoms with Gasteiger partial charge in [-0.2, -0.15) is 0 Å².